The van der Waals surface area contributed by atoms with Gasteiger partial charge in [0.2, 0.25) is 0 Å². The van der Waals surface area contributed by atoms with E-state index in [4.69, 9.17) is 22.4 Å². The van der Waals surface area contributed by atoms with Gasteiger partial charge in [-0.25, -0.2) is 4.98 Å². The molecule has 0 aliphatic carbocycles. The van der Waals surface area contributed by atoms with Crippen LogP contribution < -0.4 is 14.5 Å². The quantitative estimate of drug-likeness (QED) is 0.159. The Morgan fingerprint density at radius 2 is 1.18 bits per heavy atom. The first kappa shape index (κ1) is 31.8. The summed E-state index contributed by atoms with van der Waals surface area (Å²) in [5, 5.41) is 4.10. The molecule has 0 saturated heterocycles. The maximum Gasteiger partial charge on any atom is 0.137 e. The number of rotatable bonds is 7. The second-order valence-corrected chi connectivity index (χ2v) is 19.4. The van der Waals surface area contributed by atoms with Gasteiger partial charge >= 0.3 is 0 Å². The minimum atomic E-state index is -0.616. The van der Waals surface area contributed by atoms with Crippen molar-refractivity contribution in [1.29, 1.82) is 0 Å². The summed E-state index contributed by atoms with van der Waals surface area (Å²) in [4.78, 5) is 8.92. The first-order chi connectivity index (χ1) is 37.1. The monoisotopic (exact) mass is 894 g/mol. The van der Waals surface area contributed by atoms with Crippen molar-refractivity contribution in [1.82, 2.24) is 9.55 Å². The summed E-state index contributed by atoms with van der Waals surface area (Å²) >= 11 is 0. The Kier molecular flexibility index (Phi) is 7.37. The van der Waals surface area contributed by atoms with Gasteiger partial charge in [0.05, 0.1) is 41.8 Å². The fourth-order valence-corrected chi connectivity index (χ4v) is 9.52. The number of anilines is 4. The van der Waals surface area contributed by atoms with Crippen molar-refractivity contribution in [2.75, 3.05) is 16.5 Å². The van der Waals surface area contributed by atoms with Gasteiger partial charge in [0.25, 0.3) is 0 Å². The van der Waals surface area contributed by atoms with Gasteiger partial charge in [-0.05, 0) is 106 Å². The Balaban J connectivity index is 1.01. The molecular weight excluding hydrogens is 833 g/mol. The van der Waals surface area contributed by atoms with Gasteiger partial charge in [0.1, 0.15) is 35.2 Å². The van der Waals surface area contributed by atoms with Crippen molar-refractivity contribution in [2.45, 2.75) is 52.4 Å². The molecule has 3 aromatic heterocycles. The van der Waals surface area contributed by atoms with E-state index >= 15 is 0 Å². The first-order valence-electron chi connectivity index (χ1n) is 27.7. The van der Waals surface area contributed by atoms with Crippen molar-refractivity contribution in [2.24, 2.45) is 0 Å². The molecule has 0 spiro atoms. The average Bonchev–Trinajstić information content (AvgIpc) is 4.17. The van der Waals surface area contributed by atoms with Crippen LogP contribution >= 0.6 is 0 Å². The van der Waals surface area contributed by atoms with E-state index in [0.717, 1.165) is 66.5 Å². The van der Waals surface area contributed by atoms with Gasteiger partial charge in [-0.1, -0.05) is 138 Å². The molecule has 68 heavy (non-hydrogen) atoms. The molecule has 6 nitrogen and oxygen atoms in total. The number of aromatic nitrogens is 2. The molecule has 0 bridgehead atoms. The highest BCUT2D eigenvalue weighted by Crippen LogP contribution is 2.52. The van der Waals surface area contributed by atoms with Gasteiger partial charge in [0.15, 0.2) is 0 Å². The number of fused-ring (bicyclic) bond motifs is 7. The van der Waals surface area contributed by atoms with E-state index in [2.05, 4.69) is 66.6 Å². The molecule has 0 radical (unpaired) electrons. The smallest absolute Gasteiger partial charge is 0.137 e. The highest BCUT2D eigenvalue weighted by Gasteiger charge is 2.33. The Morgan fingerprint density at radius 1 is 0.529 bits per heavy atom. The van der Waals surface area contributed by atoms with Crippen LogP contribution in [0.25, 0.3) is 71.8 Å². The number of pyridine rings is 1. The van der Waals surface area contributed by atoms with Gasteiger partial charge in [-0.3, -0.25) is 4.57 Å². The summed E-state index contributed by atoms with van der Waals surface area (Å²) in [6, 6.07) is 36.5. The van der Waals surface area contributed by atoms with E-state index in [0.29, 0.717) is 28.4 Å². The summed E-state index contributed by atoms with van der Waals surface area (Å²) in [5.74, 6) is 1.88. The molecule has 332 valence electrons. The van der Waals surface area contributed by atoms with E-state index in [1.54, 1.807) is 12.1 Å². The van der Waals surface area contributed by atoms with Crippen molar-refractivity contribution in [3.8, 4) is 39.6 Å². The van der Waals surface area contributed by atoms with Crippen LogP contribution in [0.1, 0.15) is 66.4 Å². The van der Waals surface area contributed by atoms with Crippen LogP contribution in [0.2, 0.25) is 0 Å². The number of benzene rings is 8. The van der Waals surface area contributed by atoms with Crippen LogP contribution in [0, 0.1) is 0 Å². The Labute approximate surface area is 411 Å². The normalized spacial score (nSPS) is 15.1. The van der Waals surface area contributed by atoms with Gasteiger partial charge < -0.3 is 19.0 Å². The predicted octanol–water partition coefficient (Wildman–Crippen LogP) is 17.0. The lowest BCUT2D eigenvalue weighted by atomic mass is 9.82. The molecule has 0 atom stereocenters. The molecule has 0 fully saturated rings. The fraction of sp³-hybridized carbons (Fsp3) is 0.145. The molecule has 6 heteroatoms. The predicted molar refractivity (Wildman–Crippen MR) is 283 cm³/mol. The zero-order valence-corrected chi connectivity index (χ0v) is 38.5. The standard InChI is InChI=1S/C62H52N4O2/c1-61(2,3)42-30-31-63-59(34-42)66-55-36-46(28-29-47(55)51-37-52-48-24-13-16-27-57(48)68-58(52)38-56(51)66)67-45-23-17-22-44(35-45)64-39-65(54-26-15-14-25-53(54)64)60-49(40-18-9-7-10-19-40)32-43(62(4,5)6)33-50(60)41-20-11-8-12-21-41/h7-38H,39H2,1-6H3/i7D,8D,9D,10D,11D,12D,18D,19D,20D,21D. The van der Waals surface area contributed by atoms with Crippen LogP contribution in [-0.2, 0) is 10.8 Å². The molecule has 1 aliphatic rings. The lowest BCUT2D eigenvalue weighted by Gasteiger charge is -2.30. The average molecular weight is 895 g/mol. The van der Waals surface area contributed by atoms with Crippen LogP contribution in [0.3, 0.4) is 0 Å². The number of ether oxygens (including phenoxy) is 1. The van der Waals surface area contributed by atoms with Crippen molar-refractivity contribution >= 4 is 66.5 Å². The van der Waals surface area contributed by atoms with E-state index in [1.165, 1.54) is 0 Å². The molecule has 11 aromatic rings. The summed E-state index contributed by atoms with van der Waals surface area (Å²) < 4.78 is 105. The van der Waals surface area contributed by atoms with Crippen molar-refractivity contribution < 1.29 is 22.9 Å². The second-order valence-electron chi connectivity index (χ2n) is 19.4. The zero-order valence-electron chi connectivity index (χ0n) is 48.5. The molecule has 0 unspecified atom stereocenters. The van der Waals surface area contributed by atoms with E-state index in [1.807, 2.05) is 111 Å². The Hall–Kier alpha value is -8.09. The topological polar surface area (TPSA) is 46.7 Å². The summed E-state index contributed by atoms with van der Waals surface area (Å²) in [6.07, 6.45) is 1.85. The minimum Gasteiger partial charge on any atom is -0.457 e. The lowest BCUT2D eigenvalue weighted by molar-refractivity contribution is 0.483. The lowest BCUT2D eigenvalue weighted by Crippen LogP contribution is -2.25. The largest absolute Gasteiger partial charge is 0.457 e. The SMILES string of the molecule is [2H]c1c([2H])c([2H])c(-c2cc(C(C)(C)C)cc(-c3c([2H])c([2H])c([2H])c([2H])c3[2H])c2N2CN(c3cccc(Oc4ccc5c6cc7c(cc6n(-c6cc(C(C)(C)C)ccn6)c5c4)oc4ccccc47)c3)c3ccccc32)c([2H])c1[2H]. The van der Waals surface area contributed by atoms with E-state index in [-0.39, 0.29) is 34.3 Å². The molecule has 4 heterocycles. The molecule has 1 aliphatic heterocycles. The third-order valence-electron chi connectivity index (χ3n) is 13.0. The van der Waals surface area contributed by atoms with Gasteiger partial charge in [-0.15, -0.1) is 0 Å². The maximum absolute atomic E-state index is 9.28. The molecular formula is C62H52N4O2. The minimum absolute atomic E-state index is 0.0847. The third-order valence-corrected chi connectivity index (χ3v) is 13.0. The van der Waals surface area contributed by atoms with E-state index in [9.17, 15) is 5.48 Å². The molecule has 0 amide bonds. The first-order valence-corrected chi connectivity index (χ1v) is 22.7. The molecule has 8 aromatic carbocycles. The van der Waals surface area contributed by atoms with Gasteiger partial charge in [-0.2, -0.15) is 0 Å². The van der Waals surface area contributed by atoms with Crippen LogP contribution in [0.15, 0.2) is 198 Å². The van der Waals surface area contributed by atoms with Crippen LogP contribution in [0.5, 0.6) is 11.5 Å². The number of furan rings is 1. The Morgan fingerprint density at radius 3 is 1.88 bits per heavy atom. The highest BCUT2D eigenvalue weighted by molar-refractivity contribution is 6.17. The van der Waals surface area contributed by atoms with E-state index < -0.39 is 65.8 Å². The number of hydrogen-bond acceptors (Lipinski definition) is 5. The zero-order chi connectivity index (χ0) is 55.0. The summed E-state index contributed by atoms with van der Waals surface area (Å²) in [5.41, 5.74) is 7.21. The Bertz CT molecular complexity index is 4200. The molecule has 0 N–H and O–H groups in total. The summed E-state index contributed by atoms with van der Waals surface area (Å²) in [6.45, 7) is 12.5. The van der Waals surface area contributed by atoms with Crippen molar-refractivity contribution in [3.05, 3.63) is 205 Å². The highest BCUT2D eigenvalue weighted by atomic mass is 16.5. The third kappa shape index (κ3) is 7.07. The number of hydrogen-bond donors (Lipinski definition) is 0. The second kappa shape index (κ2) is 15.8. The maximum atomic E-state index is 9.28. The number of para-hydroxylation sites is 3. The fourth-order valence-electron chi connectivity index (χ4n) is 9.52. The molecule has 0 saturated carbocycles. The number of nitrogens with zero attached hydrogens (tertiary/aromatic N) is 4. The summed E-state index contributed by atoms with van der Waals surface area (Å²) in [7, 11) is 0. The van der Waals surface area contributed by atoms with Crippen molar-refractivity contribution in [3.63, 3.8) is 0 Å². The van der Waals surface area contributed by atoms with Gasteiger partial charge in [0, 0.05) is 62.8 Å². The van der Waals surface area contributed by atoms with Crippen LogP contribution in [0.4, 0.5) is 22.7 Å². The molecule has 12 rings (SSSR count). The van der Waals surface area contributed by atoms with Crippen LogP contribution in [-0.4, -0.2) is 16.2 Å².